The molecule has 0 radical (unpaired) electrons. The average Bonchev–Trinajstić information content (AvgIpc) is 2.92. The standard InChI is InChI=1S/C17H19N3O2/c1-10-5-6-14(7-11(10)2)19-16(21)9-15(17(19)22)20-13(4)8-12(3)18-20/h5-8,15H,9H2,1-4H3. The SMILES string of the molecule is Cc1cc(C)n(C2CC(=O)N(c3ccc(C)c(C)c3)C2=O)n1. The number of carbonyl (C=O) groups is 2. The molecule has 1 aromatic carbocycles. The number of hydrogen-bond donors (Lipinski definition) is 0. The lowest BCUT2D eigenvalue weighted by atomic mass is 10.1. The Bertz CT molecular complexity index is 776. The van der Waals surface area contributed by atoms with Crippen molar-refractivity contribution < 1.29 is 9.59 Å². The lowest BCUT2D eigenvalue weighted by Crippen LogP contribution is -2.31. The summed E-state index contributed by atoms with van der Waals surface area (Å²) in [5, 5.41) is 4.35. The van der Waals surface area contributed by atoms with E-state index >= 15 is 0 Å². The fourth-order valence-corrected chi connectivity index (χ4v) is 2.90. The number of amides is 2. The first-order valence-electron chi connectivity index (χ1n) is 7.35. The molecule has 1 fully saturated rings. The van der Waals surface area contributed by atoms with E-state index in [-0.39, 0.29) is 18.2 Å². The average molecular weight is 297 g/mol. The van der Waals surface area contributed by atoms with Crippen LogP contribution in [0.3, 0.4) is 0 Å². The van der Waals surface area contributed by atoms with E-state index in [0.717, 1.165) is 22.5 Å². The first-order chi connectivity index (χ1) is 10.4. The molecule has 5 nitrogen and oxygen atoms in total. The van der Waals surface area contributed by atoms with Crippen LogP contribution in [0.5, 0.6) is 0 Å². The van der Waals surface area contributed by atoms with E-state index in [9.17, 15) is 9.59 Å². The van der Waals surface area contributed by atoms with E-state index in [1.807, 2.05) is 52.0 Å². The van der Waals surface area contributed by atoms with Crippen molar-refractivity contribution in [2.24, 2.45) is 0 Å². The first kappa shape index (κ1) is 14.5. The number of hydrogen-bond acceptors (Lipinski definition) is 3. The monoisotopic (exact) mass is 297 g/mol. The van der Waals surface area contributed by atoms with Crippen LogP contribution in [0.2, 0.25) is 0 Å². The minimum Gasteiger partial charge on any atom is -0.274 e. The number of aryl methyl sites for hydroxylation is 4. The van der Waals surface area contributed by atoms with Gasteiger partial charge in [0.25, 0.3) is 5.91 Å². The Morgan fingerprint density at radius 1 is 1.05 bits per heavy atom. The van der Waals surface area contributed by atoms with Crippen LogP contribution in [0.4, 0.5) is 5.69 Å². The highest BCUT2D eigenvalue weighted by Crippen LogP contribution is 2.31. The maximum absolute atomic E-state index is 12.7. The van der Waals surface area contributed by atoms with Crippen molar-refractivity contribution in [1.29, 1.82) is 0 Å². The van der Waals surface area contributed by atoms with Gasteiger partial charge in [-0.05, 0) is 57.0 Å². The maximum Gasteiger partial charge on any atom is 0.259 e. The molecule has 1 saturated heterocycles. The molecule has 2 heterocycles. The normalized spacial score (nSPS) is 18.4. The van der Waals surface area contributed by atoms with Crippen molar-refractivity contribution in [3.63, 3.8) is 0 Å². The second-order valence-electron chi connectivity index (χ2n) is 5.93. The minimum absolute atomic E-state index is 0.160. The van der Waals surface area contributed by atoms with Crippen LogP contribution in [-0.4, -0.2) is 21.6 Å². The van der Waals surface area contributed by atoms with Crippen molar-refractivity contribution in [2.75, 3.05) is 4.90 Å². The van der Waals surface area contributed by atoms with Gasteiger partial charge >= 0.3 is 0 Å². The Labute approximate surface area is 129 Å². The zero-order chi connectivity index (χ0) is 16.0. The highest BCUT2D eigenvalue weighted by atomic mass is 16.2. The van der Waals surface area contributed by atoms with Gasteiger partial charge in [0, 0.05) is 5.69 Å². The molecule has 2 amide bonds. The summed E-state index contributed by atoms with van der Waals surface area (Å²) in [5.74, 6) is -0.384. The van der Waals surface area contributed by atoms with Crippen molar-refractivity contribution in [3.8, 4) is 0 Å². The van der Waals surface area contributed by atoms with E-state index in [4.69, 9.17) is 0 Å². The second-order valence-corrected chi connectivity index (χ2v) is 5.93. The van der Waals surface area contributed by atoms with Gasteiger partial charge in [-0.1, -0.05) is 6.07 Å². The molecule has 5 heteroatoms. The largest absolute Gasteiger partial charge is 0.274 e. The molecule has 0 spiro atoms. The zero-order valence-corrected chi connectivity index (χ0v) is 13.3. The summed E-state index contributed by atoms with van der Waals surface area (Å²) in [4.78, 5) is 26.4. The van der Waals surface area contributed by atoms with E-state index in [2.05, 4.69) is 5.10 Å². The maximum atomic E-state index is 12.7. The molecule has 1 atom stereocenters. The fraction of sp³-hybridized carbons (Fsp3) is 0.353. The smallest absolute Gasteiger partial charge is 0.259 e. The van der Waals surface area contributed by atoms with Gasteiger partial charge in [-0.25, -0.2) is 4.90 Å². The Morgan fingerprint density at radius 2 is 1.77 bits per heavy atom. The van der Waals surface area contributed by atoms with Crippen molar-refractivity contribution in [3.05, 3.63) is 46.8 Å². The van der Waals surface area contributed by atoms with Crippen LogP contribution >= 0.6 is 0 Å². The Morgan fingerprint density at radius 3 is 2.36 bits per heavy atom. The van der Waals surface area contributed by atoms with Crippen LogP contribution in [0.15, 0.2) is 24.3 Å². The summed E-state index contributed by atoms with van der Waals surface area (Å²) in [7, 11) is 0. The predicted molar refractivity (Wildman–Crippen MR) is 83.8 cm³/mol. The number of imide groups is 1. The van der Waals surface area contributed by atoms with Crippen LogP contribution in [0.1, 0.15) is 35.0 Å². The lowest BCUT2D eigenvalue weighted by molar-refractivity contribution is -0.122. The van der Waals surface area contributed by atoms with E-state index in [0.29, 0.717) is 5.69 Å². The molecule has 22 heavy (non-hydrogen) atoms. The van der Waals surface area contributed by atoms with Crippen molar-refractivity contribution in [2.45, 2.75) is 40.2 Å². The summed E-state index contributed by atoms with van der Waals surface area (Å²) in [6.45, 7) is 7.76. The molecular weight excluding hydrogens is 278 g/mol. The topological polar surface area (TPSA) is 55.2 Å². The summed E-state index contributed by atoms with van der Waals surface area (Å²) in [6.07, 6.45) is 0.160. The summed E-state index contributed by atoms with van der Waals surface area (Å²) in [5.41, 5.74) is 4.58. The van der Waals surface area contributed by atoms with Gasteiger partial charge in [0.05, 0.1) is 17.8 Å². The van der Waals surface area contributed by atoms with Gasteiger partial charge in [-0.2, -0.15) is 5.10 Å². The summed E-state index contributed by atoms with van der Waals surface area (Å²) < 4.78 is 1.66. The number of nitrogens with zero attached hydrogens (tertiary/aromatic N) is 3. The van der Waals surface area contributed by atoms with Crippen molar-refractivity contribution in [1.82, 2.24) is 9.78 Å². The third-order valence-corrected chi connectivity index (χ3v) is 4.21. The molecule has 3 rings (SSSR count). The lowest BCUT2D eigenvalue weighted by Gasteiger charge is -2.17. The number of aromatic nitrogens is 2. The van der Waals surface area contributed by atoms with Crippen molar-refractivity contribution >= 4 is 17.5 Å². The molecule has 114 valence electrons. The van der Waals surface area contributed by atoms with E-state index in [1.54, 1.807) is 4.68 Å². The number of rotatable bonds is 2. The van der Waals surface area contributed by atoms with Gasteiger partial charge in [-0.3, -0.25) is 14.3 Å². The van der Waals surface area contributed by atoms with Gasteiger partial charge in [0.15, 0.2) is 0 Å². The van der Waals surface area contributed by atoms with Gasteiger partial charge < -0.3 is 0 Å². The molecule has 1 unspecified atom stereocenters. The van der Waals surface area contributed by atoms with E-state index < -0.39 is 6.04 Å². The Balaban J connectivity index is 1.98. The van der Waals surface area contributed by atoms with Crippen LogP contribution in [0, 0.1) is 27.7 Å². The second kappa shape index (κ2) is 5.09. The summed E-state index contributed by atoms with van der Waals surface area (Å²) >= 11 is 0. The molecule has 1 aromatic heterocycles. The molecule has 0 aliphatic carbocycles. The third kappa shape index (κ3) is 2.22. The van der Waals surface area contributed by atoms with Crippen LogP contribution < -0.4 is 4.90 Å². The third-order valence-electron chi connectivity index (χ3n) is 4.21. The number of benzene rings is 1. The molecule has 0 bridgehead atoms. The molecule has 1 aliphatic heterocycles. The van der Waals surface area contributed by atoms with Gasteiger partial charge in [0.1, 0.15) is 6.04 Å². The van der Waals surface area contributed by atoms with Gasteiger partial charge in [0.2, 0.25) is 5.91 Å². The first-order valence-corrected chi connectivity index (χ1v) is 7.35. The van der Waals surface area contributed by atoms with Crippen LogP contribution in [-0.2, 0) is 9.59 Å². The molecular formula is C17H19N3O2. The summed E-state index contributed by atoms with van der Waals surface area (Å²) in [6, 6.07) is 7.01. The Kier molecular flexibility index (Phi) is 3.35. The number of anilines is 1. The minimum atomic E-state index is -0.539. The Hall–Kier alpha value is -2.43. The predicted octanol–water partition coefficient (Wildman–Crippen LogP) is 2.62. The molecule has 2 aromatic rings. The zero-order valence-electron chi connectivity index (χ0n) is 13.3. The molecule has 0 saturated carbocycles. The highest BCUT2D eigenvalue weighted by Gasteiger charge is 2.41. The van der Waals surface area contributed by atoms with Crippen LogP contribution in [0.25, 0.3) is 0 Å². The highest BCUT2D eigenvalue weighted by molar-refractivity contribution is 6.21. The molecule has 0 N–H and O–H groups in total. The number of carbonyl (C=O) groups excluding carboxylic acids is 2. The molecule has 1 aliphatic rings. The van der Waals surface area contributed by atoms with Gasteiger partial charge in [-0.15, -0.1) is 0 Å². The quantitative estimate of drug-likeness (QED) is 0.801. The fourth-order valence-electron chi connectivity index (χ4n) is 2.90. The van der Waals surface area contributed by atoms with E-state index in [1.165, 1.54) is 4.90 Å².